The first kappa shape index (κ1) is 11.2. The molecule has 2 atom stereocenters. The molecule has 13 heavy (non-hydrogen) atoms. The van der Waals surface area contributed by atoms with Gasteiger partial charge >= 0.3 is 5.97 Å². The summed E-state index contributed by atoms with van der Waals surface area (Å²) in [6, 6.07) is 0. The third kappa shape index (κ3) is 3.09. The van der Waals surface area contributed by atoms with Gasteiger partial charge in [-0.25, -0.2) is 0 Å². The first-order valence-electron chi connectivity index (χ1n) is 4.65. The molecular weight excluding hydrogens is 204 g/mol. The van der Waals surface area contributed by atoms with E-state index in [-0.39, 0.29) is 11.9 Å². The van der Waals surface area contributed by atoms with Crippen LogP contribution < -0.4 is 0 Å². The number of hydrogen-bond donors (Lipinski definition) is 0. The van der Waals surface area contributed by atoms with E-state index in [9.17, 15) is 4.79 Å². The summed E-state index contributed by atoms with van der Waals surface area (Å²) in [6.07, 6.45) is 3.17. The highest BCUT2D eigenvalue weighted by atomic mass is 33.1. The van der Waals surface area contributed by atoms with Crippen molar-refractivity contribution in [3.05, 3.63) is 0 Å². The lowest BCUT2D eigenvalue weighted by molar-refractivity contribution is -0.145. The monoisotopic (exact) mass is 220 g/mol. The van der Waals surface area contributed by atoms with Crippen LogP contribution in [-0.2, 0) is 9.53 Å². The third-order valence-electron chi connectivity index (χ3n) is 2.23. The van der Waals surface area contributed by atoms with Crippen molar-refractivity contribution >= 4 is 27.6 Å². The van der Waals surface area contributed by atoms with E-state index in [0.29, 0.717) is 5.25 Å². The van der Waals surface area contributed by atoms with Gasteiger partial charge in [-0.05, 0) is 12.8 Å². The Hall–Kier alpha value is 0.170. The van der Waals surface area contributed by atoms with Crippen molar-refractivity contribution in [3.63, 3.8) is 0 Å². The Morgan fingerprint density at radius 3 is 2.92 bits per heavy atom. The predicted molar refractivity (Wildman–Crippen MR) is 58.9 cm³/mol. The Labute approximate surface area is 87.6 Å². The zero-order valence-electron chi connectivity index (χ0n) is 8.12. The molecular formula is C9H16O2S2. The van der Waals surface area contributed by atoms with Crippen molar-refractivity contribution in [1.29, 1.82) is 0 Å². The van der Waals surface area contributed by atoms with Crippen LogP contribution in [0, 0.1) is 5.92 Å². The van der Waals surface area contributed by atoms with Crippen LogP contribution in [0.15, 0.2) is 0 Å². The quantitative estimate of drug-likeness (QED) is 0.537. The lowest BCUT2D eigenvalue weighted by Crippen LogP contribution is -2.25. The average Bonchev–Trinajstić information content (AvgIpc) is 2.65. The van der Waals surface area contributed by atoms with Crippen molar-refractivity contribution in [2.75, 3.05) is 12.9 Å². The highest BCUT2D eigenvalue weighted by Crippen LogP contribution is 2.42. The van der Waals surface area contributed by atoms with Gasteiger partial charge in [0.1, 0.15) is 0 Å². The summed E-state index contributed by atoms with van der Waals surface area (Å²) in [7, 11) is 5.21. The number of hydrogen-bond acceptors (Lipinski definition) is 4. The normalized spacial score (nSPS) is 24.3. The van der Waals surface area contributed by atoms with Gasteiger partial charge in [0, 0.05) is 11.0 Å². The standard InChI is InChI=1S/C9H16O2S2/c1-3-4-7(9(10)11-2)8-5-6-12-13-8/h7-8H,3-6H2,1-2H3. The van der Waals surface area contributed by atoms with Gasteiger partial charge < -0.3 is 4.74 Å². The predicted octanol–water partition coefficient (Wildman–Crippen LogP) is 2.73. The molecule has 0 amide bonds. The molecule has 0 aromatic carbocycles. The third-order valence-corrected chi connectivity index (χ3v) is 5.23. The summed E-state index contributed by atoms with van der Waals surface area (Å²) in [5.41, 5.74) is 0. The van der Waals surface area contributed by atoms with Crippen LogP contribution in [0.4, 0.5) is 0 Å². The van der Waals surface area contributed by atoms with Crippen LogP contribution in [0.5, 0.6) is 0 Å². The summed E-state index contributed by atoms with van der Waals surface area (Å²) in [6.45, 7) is 2.11. The maximum atomic E-state index is 11.4. The van der Waals surface area contributed by atoms with E-state index < -0.39 is 0 Å². The highest BCUT2D eigenvalue weighted by Gasteiger charge is 2.31. The largest absolute Gasteiger partial charge is 0.469 e. The lowest BCUT2D eigenvalue weighted by Gasteiger charge is -2.18. The first-order valence-corrected chi connectivity index (χ1v) is 7.04. The summed E-state index contributed by atoms with van der Waals surface area (Å²) >= 11 is 0. The van der Waals surface area contributed by atoms with Crippen molar-refractivity contribution < 1.29 is 9.53 Å². The molecule has 0 saturated carbocycles. The van der Waals surface area contributed by atoms with Gasteiger partial charge in [-0.3, -0.25) is 4.79 Å². The molecule has 0 aliphatic carbocycles. The summed E-state index contributed by atoms with van der Waals surface area (Å²) in [5, 5.41) is 0.484. The van der Waals surface area contributed by atoms with Crippen molar-refractivity contribution in [1.82, 2.24) is 0 Å². The Bertz CT molecular complexity index is 167. The molecule has 0 spiro atoms. The van der Waals surface area contributed by atoms with Crippen LogP contribution in [0.2, 0.25) is 0 Å². The van der Waals surface area contributed by atoms with Gasteiger partial charge in [-0.2, -0.15) is 0 Å². The molecule has 1 heterocycles. The van der Waals surface area contributed by atoms with E-state index in [1.807, 2.05) is 21.6 Å². The van der Waals surface area contributed by atoms with Gasteiger partial charge in [-0.15, -0.1) is 0 Å². The lowest BCUT2D eigenvalue weighted by atomic mass is 9.98. The van der Waals surface area contributed by atoms with E-state index in [4.69, 9.17) is 4.74 Å². The van der Waals surface area contributed by atoms with Crippen LogP contribution in [0.3, 0.4) is 0 Å². The minimum Gasteiger partial charge on any atom is -0.469 e. The number of ether oxygens (including phenoxy) is 1. The number of rotatable bonds is 4. The Morgan fingerprint density at radius 1 is 1.69 bits per heavy atom. The fourth-order valence-corrected chi connectivity index (χ4v) is 4.69. The van der Waals surface area contributed by atoms with Crippen LogP contribution in [0.25, 0.3) is 0 Å². The summed E-state index contributed by atoms with van der Waals surface area (Å²) < 4.78 is 4.82. The molecule has 0 aromatic rings. The SMILES string of the molecule is CCCC(C(=O)OC)C1CCSS1. The Morgan fingerprint density at radius 2 is 2.46 bits per heavy atom. The van der Waals surface area contributed by atoms with Crippen molar-refractivity contribution in [2.24, 2.45) is 5.92 Å². The molecule has 1 saturated heterocycles. The average molecular weight is 220 g/mol. The molecule has 0 N–H and O–H groups in total. The molecule has 1 aliphatic heterocycles. The molecule has 2 unspecified atom stereocenters. The molecule has 0 bridgehead atoms. The maximum Gasteiger partial charge on any atom is 0.309 e. The Kier molecular flexibility index (Phi) is 5.02. The molecule has 0 aromatic heterocycles. The zero-order valence-corrected chi connectivity index (χ0v) is 9.75. The second-order valence-electron chi connectivity index (χ2n) is 3.16. The van der Waals surface area contributed by atoms with Crippen LogP contribution >= 0.6 is 21.6 Å². The second-order valence-corrected chi connectivity index (χ2v) is 5.89. The number of carbonyl (C=O) groups excluding carboxylic acids is 1. The minimum absolute atomic E-state index is 0.0261. The molecule has 76 valence electrons. The molecule has 1 aliphatic rings. The Balaban J connectivity index is 2.49. The summed E-state index contributed by atoms with van der Waals surface area (Å²) in [4.78, 5) is 11.4. The summed E-state index contributed by atoms with van der Waals surface area (Å²) in [5.74, 6) is 1.27. The smallest absolute Gasteiger partial charge is 0.309 e. The molecule has 1 rings (SSSR count). The van der Waals surface area contributed by atoms with E-state index in [1.165, 1.54) is 12.9 Å². The van der Waals surface area contributed by atoms with Crippen molar-refractivity contribution in [2.45, 2.75) is 31.4 Å². The van der Waals surface area contributed by atoms with Gasteiger partial charge in [0.05, 0.1) is 13.0 Å². The van der Waals surface area contributed by atoms with E-state index >= 15 is 0 Å². The molecule has 1 fully saturated rings. The number of esters is 1. The number of methoxy groups -OCH3 is 1. The van der Waals surface area contributed by atoms with Gasteiger partial charge in [0.15, 0.2) is 0 Å². The van der Waals surface area contributed by atoms with E-state index in [1.54, 1.807) is 0 Å². The van der Waals surface area contributed by atoms with Crippen LogP contribution in [0.1, 0.15) is 26.2 Å². The maximum absolute atomic E-state index is 11.4. The fraction of sp³-hybridized carbons (Fsp3) is 0.889. The van der Waals surface area contributed by atoms with Crippen LogP contribution in [-0.4, -0.2) is 24.1 Å². The highest BCUT2D eigenvalue weighted by molar-refractivity contribution is 8.77. The van der Waals surface area contributed by atoms with Gasteiger partial charge in [-0.1, -0.05) is 34.9 Å². The second kappa shape index (κ2) is 5.81. The fourth-order valence-electron chi connectivity index (χ4n) is 1.53. The topological polar surface area (TPSA) is 26.3 Å². The van der Waals surface area contributed by atoms with Gasteiger partial charge in [0.25, 0.3) is 0 Å². The minimum atomic E-state index is -0.0261. The zero-order chi connectivity index (χ0) is 9.68. The van der Waals surface area contributed by atoms with Crippen molar-refractivity contribution in [3.8, 4) is 0 Å². The van der Waals surface area contributed by atoms with E-state index in [2.05, 4.69) is 6.92 Å². The molecule has 0 radical (unpaired) electrons. The van der Waals surface area contributed by atoms with E-state index in [0.717, 1.165) is 19.3 Å². The number of carbonyl (C=O) groups is 1. The molecule has 2 nitrogen and oxygen atoms in total. The first-order chi connectivity index (χ1) is 6.29. The molecule has 4 heteroatoms. The van der Waals surface area contributed by atoms with Gasteiger partial charge in [0.2, 0.25) is 0 Å².